The Hall–Kier alpha value is -2.08. The van der Waals surface area contributed by atoms with Crippen molar-refractivity contribution in [3.05, 3.63) is 63.6 Å². The Morgan fingerprint density at radius 1 is 1.08 bits per heavy atom. The van der Waals surface area contributed by atoms with E-state index in [0.717, 1.165) is 6.42 Å². The molecule has 5 nitrogen and oxygen atoms in total. The van der Waals surface area contributed by atoms with Crippen LogP contribution < -0.4 is 10.6 Å². The number of hydrogen-bond acceptors (Lipinski definition) is 3. The van der Waals surface area contributed by atoms with Crippen molar-refractivity contribution in [2.75, 3.05) is 25.1 Å². The molecule has 26 heavy (non-hydrogen) atoms. The van der Waals surface area contributed by atoms with Crippen molar-refractivity contribution in [2.24, 2.45) is 0 Å². The highest BCUT2D eigenvalue weighted by Crippen LogP contribution is 2.22. The van der Waals surface area contributed by atoms with Crippen LogP contribution in [-0.4, -0.2) is 31.6 Å². The second-order valence-corrected chi connectivity index (χ2v) is 6.31. The van der Waals surface area contributed by atoms with Crippen molar-refractivity contribution < 1.29 is 14.3 Å². The van der Waals surface area contributed by atoms with Crippen molar-refractivity contribution in [3.63, 3.8) is 0 Å². The second kappa shape index (κ2) is 10.2. The molecule has 2 N–H and O–H groups in total. The second-order valence-electron chi connectivity index (χ2n) is 5.47. The van der Waals surface area contributed by atoms with Gasteiger partial charge in [0.15, 0.2) is 0 Å². The number of carbonyl (C=O) groups is 2. The zero-order chi connectivity index (χ0) is 18.9. The van der Waals surface area contributed by atoms with E-state index in [1.54, 1.807) is 36.4 Å². The van der Waals surface area contributed by atoms with E-state index in [4.69, 9.17) is 27.9 Å². The van der Waals surface area contributed by atoms with Crippen LogP contribution in [0, 0.1) is 0 Å². The first kappa shape index (κ1) is 20.2. The van der Waals surface area contributed by atoms with E-state index >= 15 is 0 Å². The maximum Gasteiger partial charge on any atom is 0.257 e. The molecule has 0 unspecified atom stereocenters. The maximum atomic E-state index is 12.3. The average Bonchev–Trinajstić information content (AvgIpc) is 2.61. The predicted octanol–water partition coefficient (Wildman–Crippen LogP) is 4.40. The lowest BCUT2D eigenvalue weighted by Gasteiger charge is -2.09. The van der Waals surface area contributed by atoms with E-state index in [9.17, 15) is 9.59 Å². The zero-order valence-corrected chi connectivity index (χ0v) is 15.9. The van der Waals surface area contributed by atoms with Gasteiger partial charge in [0.2, 0.25) is 0 Å². The molecular weight excluding hydrogens is 375 g/mol. The summed E-state index contributed by atoms with van der Waals surface area (Å²) in [7, 11) is 0. The average molecular weight is 395 g/mol. The van der Waals surface area contributed by atoms with Gasteiger partial charge in [-0.3, -0.25) is 9.59 Å². The first-order valence-electron chi connectivity index (χ1n) is 8.23. The number of nitrogens with one attached hydrogen (secondary N) is 2. The molecule has 0 atom stereocenters. The van der Waals surface area contributed by atoms with Gasteiger partial charge in [0, 0.05) is 36.0 Å². The van der Waals surface area contributed by atoms with Crippen molar-refractivity contribution in [1.29, 1.82) is 0 Å². The lowest BCUT2D eigenvalue weighted by molar-refractivity contribution is 0.0943. The molecule has 0 saturated carbocycles. The minimum absolute atomic E-state index is 0.206. The fourth-order valence-electron chi connectivity index (χ4n) is 2.23. The van der Waals surface area contributed by atoms with Crippen LogP contribution in [0.1, 0.15) is 34.1 Å². The highest BCUT2D eigenvalue weighted by molar-refractivity contribution is 6.37. The molecule has 0 bridgehead atoms. The third kappa shape index (κ3) is 6.02. The van der Waals surface area contributed by atoms with Crippen molar-refractivity contribution in [2.45, 2.75) is 13.3 Å². The van der Waals surface area contributed by atoms with Gasteiger partial charge in [-0.15, -0.1) is 0 Å². The third-order valence-electron chi connectivity index (χ3n) is 3.51. The lowest BCUT2D eigenvalue weighted by Crippen LogP contribution is -2.25. The maximum absolute atomic E-state index is 12.3. The molecule has 138 valence electrons. The molecule has 0 aliphatic carbocycles. The molecule has 0 aromatic heterocycles. The SMILES string of the molecule is CCOCCCNC(=O)c1cccc(NC(=O)c2ccc(Cl)cc2Cl)c1. The molecule has 2 amide bonds. The van der Waals surface area contributed by atoms with Gasteiger partial charge >= 0.3 is 0 Å². The Balaban J connectivity index is 1.97. The number of carbonyl (C=O) groups excluding carboxylic acids is 2. The smallest absolute Gasteiger partial charge is 0.257 e. The molecule has 0 fully saturated rings. The van der Waals surface area contributed by atoms with Gasteiger partial charge in [-0.2, -0.15) is 0 Å². The summed E-state index contributed by atoms with van der Waals surface area (Å²) in [6.07, 6.45) is 0.741. The van der Waals surface area contributed by atoms with Crippen LogP contribution in [0.2, 0.25) is 10.0 Å². The summed E-state index contributed by atoms with van der Waals surface area (Å²) in [5.41, 5.74) is 1.27. The normalized spacial score (nSPS) is 10.4. The van der Waals surface area contributed by atoms with Gasteiger partial charge in [0.1, 0.15) is 0 Å². The van der Waals surface area contributed by atoms with Crippen LogP contribution in [-0.2, 0) is 4.74 Å². The fraction of sp³-hybridized carbons (Fsp3) is 0.263. The lowest BCUT2D eigenvalue weighted by atomic mass is 10.1. The Morgan fingerprint density at radius 2 is 1.88 bits per heavy atom. The summed E-state index contributed by atoms with van der Waals surface area (Å²) in [5.74, 6) is -0.580. The highest BCUT2D eigenvalue weighted by Gasteiger charge is 2.12. The molecule has 2 aromatic rings. The van der Waals surface area contributed by atoms with Crippen molar-refractivity contribution in [3.8, 4) is 0 Å². The van der Waals surface area contributed by atoms with Gasteiger partial charge in [-0.05, 0) is 49.7 Å². The summed E-state index contributed by atoms with van der Waals surface area (Å²) in [6, 6.07) is 11.3. The molecule has 0 radical (unpaired) electrons. The summed E-state index contributed by atoms with van der Waals surface area (Å²) in [6.45, 7) is 3.72. The quantitative estimate of drug-likeness (QED) is 0.651. The first-order chi connectivity index (χ1) is 12.5. The standard InChI is InChI=1S/C19H20Cl2N2O3/c1-2-26-10-4-9-22-18(24)13-5-3-6-15(11-13)23-19(25)16-8-7-14(20)12-17(16)21/h3,5-8,11-12H,2,4,9-10H2,1H3,(H,22,24)(H,23,25). The molecule has 2 rings (SSSR count). The van der Waals surface area contributed by atoms with E-state index < -0.39 is 0 Å². The van der Waals surface area contributed by atoms with Crippen molar-refractivity contribution >= 4 is 40.7 Å². The Kier molecular flexibility index (Phi) is 7.91. The van der Waals surface area contributed by atoms with E-state index in [1.165, 1.54) is 6.07 Å². The van der Waals surface area contributed by atoms with Crippen LogP contribution in [0.25, 0.3) is 0 Å². The third-order valence-corrected chi connectivity index (χ3v) is 4.06. The van der Waals surface area contributed by atoms with Gasteiger partial charge in [-0.1, -0.05) is 29.3 Å². The largest absolute Gasteiger partial charge is 0.382 e. The fourth-order valence-corrected chi connectivity index (χ4v) is 2.73. The molecule has 2 aromatic carbocycles. The van der Waals surface area contributed by atoms with Crippen LogP contribution in [0.5, 0.6) is 0 Å². The summed E-state index contributed by atoms with van der Waals surface area (Å²) in [5, 5.41) is 6.26. The highest BCUT2D eigenvalue weighted by atomic mass is 35.5. The van der Waals surface area contributed by atoms with Crippen LogP contribution in [0.3, 0.4) is 0 Å². The number of amides is 2. The number of benzene rings is 2. The summed E-state index contributed by atoms with van der Waals surface area (Å²) in [4.78, 5) is 24.5. The minimum Gasteiger partial charge on any atom is -0.382 e. The molecular formula is C19H20Cl2N2O3. The molecule has 0 aliphatic rings. The van der Waals surface area contributed by atoms with E-state index in [1.807, 2.05) is 6.92 Å². The van der Waals surface area contributed by atoms with Crippen molar-refractivity contribution in [1.82, 2.24) is 5.32 Å². The number of halogens is 2. The van der Waals surface area contributed by atoms with Gasteiger partial charge < -0.3 is 15.4 Å². The van der Waals surface area contributed by atoms with Gasteiger partial charge in [0.25, 0.3) is 11.8 Å². The molecule has 0 heterocycles. The first-order valence-corrected chi connectivity index (χ1v) is 8.99. The summed E-state index contributed by atoms with van der Waals surface area (Å²) < 4.78 is 5.23. The van der Waals surface area contributed by atoms with Crippen LogP contribution in [0.4, 0.5) is 5.69 Å². The predicted molar refractivity (Wildman–Crippen MR) is 104 cm³/mol. The topological polar surface area (TPSA) is 67.4 Å². The Labute approximate surface area is 162 Å². The number of rotatable bonds is 8. The molecule has 0 aliphatic heterocycles. The number of hydrogen-bond donors (Lipinski definition) is 2. The Morgan fingerprint density at radius 3 is 2.62 bits per heavy atom. The van der Waals surface area contributed by atoms with E-state index in [0.29, 0.717) is 41.6 Å². The molecule has 0 spiro atoms. The zero-order valence-electron chi connectivity index (χ0n) is 14.4. The Bertz CT molecular complexity index is 781. The van der Waals surface area contributed by atoms with Crippen LogP contribution >= 0.6 is 23.2 Å². The molecule has 7 heteroatoms. The van der Waals surface area contributed by atoms with Gasteiger partial charge in [-0.25, -0.2) is 0 Å². The van der Waals surface area contributed by atoms with Crippen LogP contribution in [0.15, 0.2) is 42.5 Å². The van der Waals surface area contributed by atoms with E-state index in [-0.39, 0.29) is 16.8 Å². The summed E-state index contributed by atoms with van der Waals surface area (Å²) >= 11 is 11.9. The minimum atomic E-state index is -0.374. The monoisotopic (exact) mass is 394 g/mol. The molecule has 0 saturated heterocycles. The number of anilines is 1. The van der Waals surface area contributed by atoms with E-state index in [2.05, 4.69) is 10.6 Å². The number of ether oxygens (including phenoxy) is 1. The van der Waals surface area contributed by atoms with Gasteiger partial charge in [0.05, 0.1) is 10.6 Å².